The quantitative estimate of drug-likeness (QED) is 0.115. The summed E-state index contributed by atoms with van der Waals surface area (Å²) in [5, 5.41) is 9.23. The molecule has 0 radical (unpaired) electrons. The molecule has 12 heteroatoms. The van der Waals surface area contributed by atoms with Gasteiger partial charge in [-0.2, -0.15) is 0 Å². The number of hydrogen-bond acceptors (Lipinski definition) is 8. The molecular formula is C36H43N5O7. The molecule has 0 bridgehead atoms. The Morgan fingerprint density at radius 2 is 1.58 bits per heavy atom. The van der Waals surface area contributed by atoms with Gasteiger partial charge in [0.15, 0.2) is 0 Å². The van der Waals surface area contributed by atoms with E-state index in [1.165, 1.54) is 11.5 Å². The van der Waals surface area contributed by atoms with Crippen LogP contribution in [0, 0.1) is 0 Å². The number of benzene rings is 2. The van der Waals surface area contributed by atoms with Gasteiger partial charge in [0.2, 0.25) is 0 Å². The van der Waals surface area contributed by atoms with Gasteiger partial charge in [-0.3, -0.25) is 19.5 Å². The minimum absolute atomic E-state index is 0.0711. The molecule has 2 heterocycles. The second kappa shape index (κ2) is 15.5. The number of hydrogen-bond donors (Lipinski definition) is 3. The summed E-state index contributed by atoms with van der Waals surface area (Å²) < 4.78 is 17.7. The van der Waals surface area contributed by atoms with E-state index >= 15 is 0 Å². The third-order valence-corrected chi connectivity index (χ3v) is 7.31. The first-order valence-corrected chi connectivity index (χ1v) is 15.9. The Labute approximate surface area is 279 Å². The van der Waals surface area contributed by atoms with Gasteiger partial charge in [0.25, 0.3) is 5.56 Å². The van der Waals surface area contributed by atoms with Crippen molar-refractivity contribution in [2.45, 2.75) is 66.4 Å². The molecular weight excluding hydrogens is 614 g/mol. The van der Waals surface area contributed by atoms with Gasteiger partial charge in [0, 0.05) is 48.9 Å². The van der Waals surface area contributed by atoms with Crippen LogP contribution in [0.2, 0.25) is 0 Å². The van der Waals surface area contributed by atoms with E-state index in [4.69, 9.17) is 14.2 Å². The lowest BCUT2D eigenvalue weighted by molar-refractivity contribution is -0.141. The summed E-state index contributed by atoms with van der Waals surface area (Å²) >= 11 is 0. The molecule has 4 rings (SSSR count). The van der Waals surface area contributed by atoms with E-state index in [-0.39, 0.29) is 18.3 Å². The van der Waals surface area contributed by atoms with Crippen LogP contribution in [0.4, 0.5) is 26.7 Å². The van der Waals surface area contributed by atoms with Crippen molar-refractivity contribution < 1.29 is 28.6 Å². The lowest BCUT2D eigenvalue weighted by atomic mass is 10.00. The molecule has 0 saturated heterocycles. The number of amides is 3. The van der Waals surface area contributed by atoms with Crippen molar-refractivity contribution in [3.05, 3.63) is 76.2 Å². The normalized spacial score (nSPS) is 11.1. The van der Waals surface area contributed by atoms with Crippen LogP contribution >= 0.6 is 0 Å². The highest BCUT2D eigenvalue weighted by Crippen LogP contribution is 2.35. The van der Waals surface area contributed by atoms with Crippen LogP contribution in [0.1, 0.15) is 59.1 Å². The molecule has 3 N–H and O–H groups in total. The molecule has 2 aromatic heterocycles. The maximum atomic E-state index is 13.8. The second-order valence-corrected chi connectivity index (χ2v) is 12.1. The Morgan fingerprint density at radius 3 is 2.23 bits per heavy atom. The van der Waals surface area contributed by atoms with E-state index in [1.807, 2.05) is 26.0 Å². The lowest BCUT2D eigenvalue weighted by Gasteiger charge is -2.21. The van der Waals surface area contributed by atoms with Crippen LogP contribution in [0.3, 0.4) is 0 Å². The van der Waals surface area contributed by atoms with Crippen molar-refractivity contribution in [3.63, 3.8) is 0 Å². The Hall–Kier alpha value is -5.39. The number of aryl methyl sites for hydroxylation is 3. The van der Waals surface area contributed by atoms with Gasteiger partial charge in [0.1, 0.15) is 22.7 Å². The zero-order valence-electron chi connectivity index (χ0n) is 28.5. The first-order valence-electron chi connectivity index (χ1n) is 15.9. The van der Waals surface area contributed by atoms with E-state index in [2.05, 4.69) is 20.9 Å². The molecule has 0 saturated carbocycles. The van der Waals surface area contributed by atoms with Gasteiger partial charge < -0.3 is 24.8 Å². The van der Waals surface area contributed by atoms with E-state index in [0.717, 1.165) is 11.1 Å². The predicted molar refractivity (Wildman–Crippen MR) is 187 cm³/mol. The van der Waals surface area contributed by atoms with Crippen LogP contribution in [0.5, 0.6) is 5.75 Å². The molecule has 0 aliphatic heterocycles. The van der Waals surface area contributed by atoms with Crippen molar-refractivity contribution in [2.75, 3.05) is 29.2 Å². The van der Waals surface area contributed by atoms with Crippen LogP contribution < -0.4 is 26.2 Å². The number of pyridine rings is 2. The largest absolute Gasteiger partial charge is 0.493 e. The topological polar surface area (TPSA) is 150 Å². The summed E-state index contributed by atoms with van der Waals surface area (Å²) in [7, 11) is 1.61. The maximum absolute atomic E-state index is 13.8. The molecule has 0 aliphatic carbocycles. The number of esters is 1. The molecule has 0 atom stereocenters. The summed E-state index contributed by atoms with van der Waals surface area (Å²) in [6.07, 6.45) is 2.67. The molecule has 12 nitrogen and oxygen atoms in total. The highest BCUT2D eigenvalue weighted by Gasteiger charge is 2.22. The fourth-order valence-corrected chi connectivity index (χ4v) is 5.22. The summed E-state index contributed by atoms with van der Waals surface area (Å²) in [4.78, 5) is 55.4. The number of fused-ring (bicyclic) bond motifs is 1. The number of nitrogens with one attached hydrogen (secondary N) is 3. The van der Waals surface area contributed by atoms with Gasteiger partial charge in [-0.1, -0.05) is 26.0 Å². The van der Waals surface area contributed by atoms with E-state index < -0.39 is 23.3 Å². The minimum atomic E-state index is -0.652. The number of nitrogens with zero attached hydrogens (tertiary/aromatic N) is 2. The number of aromatic nitrogens is 2. The number of urea groups is 1. The smallest absolute Gasteiger partial charge is 0.412 e. The Morgan fingerprint density at radius 1 is 0.896 bits per heavy atom. The second-order valence-electron chi connectivity index (χ2n) is 12.1. The van der Waals surface area contributed by atoms with E-state index in [0.29, 0.717) is 65.2 Å². The molecule has 3 amide bonds. The number of anilines is 3. The summed E-state index contributed by atoms with van der Waals surface area (Å²) in [6.45, 7) is 11.2. The number of carbonyl (C=O) groups is 3. The van der Waals surface area contributed by atoms with Crippen LogP contribution in [-0.4, -0.2) is 46.5 Å². The zero-order chi connectivity index (χ0) is 35.0. The van der Waals surface area contributed by atoms with Gasteiger partial charge >= 0.3 is 18.1 Å². The lowest BCUT2D eigenvalue weighted by Crippen LogP contribution is -2.29. The first kappa shape index (κ1) is 35.5. The highest BCUT2D eigenvalue weighted by atomic mass is 16.6. The standard InChI is InChI=1S/C36H43N5O7/c1-8-23-19-26(38-35(45)48-36(4,5)6)20-24(9-2)30(23)39-34(44)40-31-29(28-15-11-16-37-32(28)41(7)33(31)43)25-13-10-14-27(21-25)47-18-12-17-46-22(3)42/h10-11,13-16,19-21H,8-9,12,17-18H2,1-7H3,(H,38,45)(H2,39,40,44). The zero-order valence-corrected chi connectivity index (χ0v) is 28.5. The Balaban J connectivity index is 1.67. The SMILES string of the molecule is CCc1cc(NC(=O)OC(C)(C)C)cc(CC)c1NC(=O)Nc1c(-c2cccc(OCCCOC(C)=O)c2)c2cccnc2n(C)c1=O. The fraction of sp³-hybridized carbons (Fsp3) is 0.361. The van der Waals surface area contributed by atoms with E-state index in [9.17, 15) is 19.2 Å². The fourth-order valence-electron chi connectivity index (χ4n) is 5.22. The minimum Gasteiger partial charge on any atom is -0.493 e. The molecule has 4 aromatic rings. The summed E-state index contributed by atoms with van der Waals surface area (Å²) in [5.41, 5.74) is 3.29. The van der Waals surface area contributed by atoms with Crippen molar-refractivity contribution in [1.29, 1.82) is 0 Å². The molecule has 0 unspecified atom stereocenters. The van der Waals surface area contributed by atoms with Gasteiger partial charge in [-0.15, -0.1) is 0 Å². The molecule has 48 heavy (non-hydrogen) atoms. The van der Waals surface area contributed by atoms with Crippen LogP contribution in [-0.2, 0) is 34.2 Å². The molecule has 0 aliphatic rings. The third-order valence-electron chi connectivity index (χ3n) is 7.31. The monoisotopic (exact) mass is 657 g/mol. The average molecular weight is 658 g/mol. The first-order chi connectivity index (χ1) is 22.8. The predicted octanol–water partition coefficient (Wildman–Crippen LogP) is 7.05. The van der Waals surface area contributed by atoms with Crippen molar-refractivity contribution >= 4 is 46.2 Å². The van der Waals surface area contributed by atoms with E-state index in [1.54, 1.807) is 70.4 Å². The van der Waals surface area contributed by atoms with Crippen LogP contribution in [0.25, 0.3) is 22.2 Å². The number of rotatable bonds is 11. The summed E-state index contributed by atoms with van der Waals surface area (Å²) in [6, 6.07) is 13.8. The molecule has 0 spiro atoms. The average Bonchev–Trinajstić information content (AvgIpc) is 3.03. The van der Waals surface area contributed by atoms with Crippen molar-refractivity contribution in [3.8, 4) is 16.9 Å². The third kappa shape index (κ3) is 8.90. The Kier molecular flexibility index (Phi) is 11.4. The number of carbonyl (C=O) groups excluding carboxylic acids is 3. The number of ether oxygens (including phenoxy) is 3. The highest BCUT2D eigenvalue weighted by molar-refractivity contribution is 6.08. The van der Waals surface area contributed by atoms with Crippen molar-refractivity contribution in [1.82, 2.24) is 9.55 Å². The Bertz CT molecular complexity index is 1850. The van der Waals surface area contributed by atoms with Crippen molar-refractivity contribution in [2.24, 2.45) is 7.05 Å². The molecule has 2 aromatic carbocycles. The molecule has 0 fully saturated rings. The van der Waals surface area contributed by atoms with Gasteiger partial charge in [0.05, 0.1) is 13.2 Å². The van der Waals surface area contributed by atoms with Gasteiger partial charge in [-0.05, 0) is 86.7 Å². The van der Waals surface area contributed by atoms with Crippen LogP contribution in [0.15, 0.2) is 59.5 Å². The van der Waals surface area contributed by atoms with Gasteiger partial charge in [-0.25, -0.2) is 14.6 Å². The molecule has 254 valence electrons. The maximum Gasteiger partial charge on any atom is 0.412 e. The summed E-state index contributed by atoms with van der Waals surface area (Å²) in [5.74, 6) is 0.194.